The smallest absolute Gasteiger partial charge is 0.346 e. The third-order valence-corrected chi connectivity index (χ3v) is 3.11. The molecule has 104 valence electrons. The van der Waals surface area contributed by atoms with E-state index >= 15 is 0 Å². The van der Waals surface area contributed by atoms with Crippen LogP contribution in [0.3, 0.4) is 0 Å². The number of piperidine rings is 1. The number of nitrogens with one attached hydrogen (secondary N) is 1. The monoisotopic (exact) mass is 272 g/mol. The fourth-order valence-corrected chi connectivity index (χ4v) is 2.09. The highest BCUT2D eigenvalue weighted by Crippen LogP contribution is 2.31. The molecule has 2 rings (SSSR count). The predicted molar refractivity (Wildman–Crippen MR) is 64.1 cm³/mol. The van der Waals surface area contributed by atoms with Crippen LogP contribution in [0.25, 0.3) is 0 Å². The molecule has 1 aliphatic heterocycles. The van der Waals surface area contributed by atoms with Gasteiger partial charge in [0.25, 0.3) is 0 Å². The van der Waals surface area contributed by atoms with Gasteiger partial charge in [-0.1, -0.05) is 0 Å². The normalized spacial score (nSPS) is 16.3. The lowest BCUT2D eigenvalue weighted by Crippen LogP contribution is -2.30. The van der Waals surface area contributed by atoms with Gasteiger partial charge in [0.05, 0.1) is 11.5 Å². The molecule has 5 nitrogen and oxygen atoms in total. The van der Waals surface area contributed by atoms with E-state index in [9.17, 15) is 18.9 Å². The van der Waals surface area contributed by atoms with Crippen molar-refractivity contribution in [2.24, 2.45) is 5.92 Å². The molecule has 1 saturated heterocycles. The van der Waals surface area contributed by atoms with Gasteiger partial charge in [0.2, 0.25) is 11.6 Å². The molecule has 0 unspecified atom stereocenters. The summed E-state index contributed by atoms with van der Waals surface area (Å²) in [5.74, 6) is -2.21. The molecule has 1 aromatic rings. The number of nitro groups is 1. The van der Waals surface area contributed by atoms with Crippen molar-refractivity contribution in [3.05, 3.63) is 33.9 Å². The molecule has 0 aromatic heterocycles. The van der Waals surface area contributed by atoms with E-state index in [0.717, 1.165) is 32.0 Å². The van der Waals surface area contributed by atoms with Crippen LogP contribution in [-0.4, -0.2) is 24.6 Å². The Morgan fingerprint density at radius 2 is 2.05 bits per heavy atom. The van der Waals surface area contributed by atoms with Crippen LogP contribution >= 0.6 is 0 Å². The summed E-state index contributed by atoms with van der Waals surface area (Å²) in [6, 6.07) is 1.33. The van der Waals surface area contributed by atoms with Crippen molar-refractivity contribution in [1.82, 2.24) is 5.32 Å². The van der Waals surface area contributed by atoms with Gasteiger partial charge in [-0.3, -0.25) is 10.1 Å². The number of benzene rings is 1. The minimum absolute atomic E-state index is 0.228. The second kappa shape index (κ2) is 5.92. The number of nitro benzene ring substituents is 1. The number of rotatable bonds is 4. The number of nitrogens with zero attached hydrogens (tertiary/aromatic N) is 1. The highest BCUT2D eigenvalue weighted by atomic mass is 19.1. The first kappa shape index (κ1) is 13.7. The number of hydrogen-bond donors (Lipinski definition) is 1. The highest BCUT2D eigenvalue weighted by molar-refractivity contribution is 5.47. The van der Waals surface area contributed by atoms with Gasteiger partial charge in [0.1, 0.15) is 5.82 Å². The van der Waals surface area contributed by atoms with Crippen molar-refractivity contribution in [1.29, 1.82) is 0 Å². The van der Waals surface area contributed by atoms with E-state index in [1.54, 1.807) is 0 Å². The maximum absolute atomic E-state index is 13.4. The van der Waals surface area contributed by atoms with Gasteiger partial charge in [-0.25, -0.2) is 4.39 Å². The third kappa shape index (κ3) is 3.37. The molecule has 0 saturated carbocycles. The molecule has 1 aliphatic rings. The summed E-state index contributed by atoms with van der Waals surface area (Å²) in [5, 5.41) is 13.9. The fourth-order valence-electron chi connectivity index (χ4n) is 2.09. The second-order valence-corrected chi connectivity index (χ2v) is 4.50. The maximum Gasteiger partial charge on any atom is 0.346 e. The summed E-state index contributed by atoms with van der Waals surface area (Å²) in [6.07, 6.45) is 1.76. The molecule has 0 bridgehead atoms. The summed E-state index contributed by atoms with van der Waals surface area (Å²) in [5.41, 5.74) is -0.810. The molecule has 19 heavy (non-hydrogen) atoms. The van der Waals surface area contributed by atoms with E-state index in [1.807, 2.05) is 0 Å². The SMILES string of the molecule is O=[N+]([O-])c1c(F)cc(F)cc1OCC1CCNCC1. The first-order chi connectivity index (χ1) is 9.08. The van der Waals surface area contributed by atoms with Gasteiger partial charge in [-0.15, -0.1) is 0 Å². The van der Waals surface area contributed by atoms with Crippen LogP contribution < -0.4 is 10.1 Å². The Hall–Kier alpha value is -1.76. The Balaban J connectivity index is 2.12. The number of halogens is 2. The average molecular weight is 272 g/mol. The standard InChI is InChI=1S/C12H14F2N2O3/c13-9-5-10(14)12(16(17)18)11(6-9)19-7-8-1-3-15-4-2-8/h5-6,8,15H,1-4,7H2. The van der Waals surface area contributed by atoms with Crippen molar-refractivity contribution in [3.63, 3.8) is 0 Å². The molecule has 1 fully saturated rings. The van der Waals surface area contributed by atoms with Crippen LogP contribution in [0.2, 0.25) is 0 Å². The number of hydrogen-bond acceptors (Lipinski definition) is 4. The Morgan fingerprint density at radius 1 is 1.37 bits per heavy atom. The van der Waals surface area contributed by atoms with Crippen LogP contribution in [0.15, 0.2) is 12.1 Å². The molecular weight excluding hydrogens is 258 g/mol. The van der Waals surface area contributed by atoms with Crippen molar-refractivity contribution in [3.8, 4) is 5.75 Å². The molecular formula is C12H14F2N2O3. The van der Waals surface area contributed by atoms with E-state index in [0.29, 0.717) is 6.07 Å². The molecule has 1 N–H and O–H groups in total. The van der Waals surface area contributed by atoms with Crippen LogP contribution in [0.5, 0.6) is 5.75 Å². The van der Waals surface area contributed by atoms with E-state index < -0.39 is 22.2 Å². The average Bonchev–Trinajstić information content (AvgIpc) is 2.36. The van der Waals surface area contributed by atoms with Gasteiger partial charge < -0.3 is 10.1 Å². The minimum Gasteiger partial charge on any atom is -0.486 e. The summed E-state index contributed by atoms with van der Waals surface area (Å²) in [7, 11) is 0. The van der Waals surface area contributed by atoms with E-state index in [2.05, 4.69) is 5.32 Å². The first-order valence-electron chi connectivity index (χ1n) is 6.05. The Kier molecular flexibility index (Phi) is 4.26. The van der Waals surface area contributed by atoms with Gasteiger partial charge >= 0.3 is 5.69 Å². The van der Waals surface area contributed by atoms with E-state index in [-0.39, 0.29) is 18.3 Å². The van der Waals surface area contributed by atoms with Gasteiger partial charge in [0, 0.05) is 12.1 Å². The third-order valence-electron chi connectivity index (χ3n) is 3.11. The molecule has 0 aliphatic carbocycles. The van der Waals surface area contributed by atoms with Crippen LogP contribution in [0.1, 0.15) is 12.8 Å². The van der Waals surface area contributed by atoms with Crippen molar-refractivity contribution < 1.29 is 18.4 Å². The highest BCUT2D eigenvalue weighted by Gasteiger charge is 2.24. The minimum atomic E-state index is -1.22. The van der Waals surface area contributed by atoms with Gasteiger partial charge in [-0.2, -0.15) is 4.39 Å². The number of ether oxygens (including phenoxy) is 1. The van der Waals surface area contributed by atoms with Crippen LogP contribution in [-0.2, 0) is 0 Å². The first-order valence-corrected chi connectivity index (χ1v) is 6.05. The Morgan fingerprint density at radius 3 is 2.68 bits per heavy atom. The summed E-state index contributed by atoms with van der Waals surface area (Å²) in [6.45, 7) is 1.94. The van der Waals surface area contributed by atoms with Crippen molar-refractivity contribution >= 4 is 5.69 Å². The zero-order valence-corrected chi connectivity index (χ0v) is 10.2. The Bertz CT molecular complexity index is 476. The van der Waals surface area contributed by atoms with E-state index in [1.165, 1.54) is 0 Å². The lowest BCUT2D eigenvalue weighted by molar-refractivity contribution is -0.388. The largest absolute Gasteiger partial charge is 0.486 e. The summed E-state index contributed by atoms with van der Waals surface area (Å²) >= 11 is 0. The molecule has 0 amide bonds. The van der Waals surface area contributed by atoms with Crippen LogP contribution in [0, 0.1) is 27.7 Å². The topological polar surface area (TPSA) is 64.4 Å². The van der Waals surface area contributed by atoms with Gasteiger partial charge in [0.15, 0.2) is 0 Å². The zero-order chi connectivity index (χ0) is 13.8. The predicted octanol–water partition coefficient (Wildman–Crippen LogP) is 2.25. The zero-order valence-electron chi connectivity index (χ0n) is 10.2. The fraction of sp³-hybridized carbons (Fsp3) is 0.500. The second-order valence-electron chi connectivity index (χ2n) is 4.50. The molecule has 1 aromatic carbocycles. The van der Waals surface area contributed by atoms with Crippen LogP contribution in [0.4, 0.5) is 14.5 Å². The summed E-state index contributed by atoms with van der Waals surface area (Å²) in [4.78, 5) is 9.86. The molecule has 7 heteroatoms. The van der Waals surface area contributed by atoms with E-state index in [4.69, 9.17) is 4.74 Å². The lowest BCUT2D eigenvalue weighted by Gasteiger charge is -2.22. The van der Waals surface area contributed by atoms with Gasteiger partial charge in [-0.05, 0) is 31.8 Å². The maximum atomic E-state index is 13.4. The lowest BCUT2D eigenvalue weighted by atomic mass is 9.99. The molecule has 1 heterocycles. The molecule has 0 spiro atoms. The quantitative estimate of drug-likeness (QED) is 0.674. The van der Waals surface area contributed by atoms with Crippen molar-refractivity contribution in [2.45, 2.75) is 12.8 Å². The molecule has 0 radical (unpaired) electrons. The van der Waals surface area contributed by atoms with Crippen molar-refractivity contribution in [2.75, 3.05) is 19.7 Å². The molecule has 0 atom stereocenters. The summed E-state index contributed by atoms with van der Waals surface area (Å²) < 4.78 is 31.7. The Labute approximate surface area is 108 Å².